The zero-order valence-electron chi connectivity index (χ0n) is 17.2. The molecular weight excluding hydrogens is 369 g/mol. The first-order valence-electron chi connectivity index (χ1n) is 9.38. The van der Waals surface area contributed by atoms with Crippen molar-refractivity contribution in [2.24, 2.45) is 0 Å². The van der Waals surface area contributed by atoms with Crippen LogP contribution in [-0.2, 0) is 9.53 Å². The summed E-state index contributed by atoms with van der Waals surface area (Å²) < 4.78 is 20.3. The fourth-order valence-corrected chi connectivity index (χ4v) is 3.48. The molecule has 0 saturated carbocycles. The summed E-state index contributed by atoms with van der Waals surface area (Å²) in [5.41, 5.74) is 3.56. The predicted octanol–water partition coefficient (Wildman–Crippen LogP) is 5.18. The number of ether oxygens (including phenoxy) is 1. The lowest BCUT2D eigenvalue weighted by Crippen LogP contribution is -2.21. The summed E-state index contributed by atoms with van der Waals surface area (Å²) >= 11 is 0. The maximum absolute atomic E-state index is 14.2. The number of benzene rings is 2. The zero-order valence-corrected chi connectivity index (χ0v) is 17.2. The third-order valence-corrected chi connectivity index (χ3v) is 5.13. The fourth-order valence-electron chi connectivity index (χ4n) is 3.48. The summed E-state index contributed by atoms with van der Waals surface area (Å²) in [6.45, 7) is 7.00. The van der Waals surface area contributed by atoms with E-state index in [4.69, 9.17) is 4.74 Å². The number of carbonyl (C=O) groups is 2. The zero-order chi connectivity index (χ0) is 21.3. The molecule has 0 aromatic heterocycles. The van der Waals surface area contributed by atoms with Crippen LogP contribution in [0.1, 0.15) is 47.8 Å². The molecule has 5 heteroatoms. The van der Waals surface area contributed by atoms with E-state index in [-0.39, 0.29) is 17.2 Å². The van der Waals surface area contributed by atoms with E-state index in [1.54, 1.807) is 32.2 Å². The predicted molar refractivity (Wildman–Crippen MR) is 113 cm³/mol. The lowest BCUT2D eigenvalue weighted by atomic mass is 9.91. The van der Waals surface area contributed by atoms with Crippen LogP contribution in [0, 0.1) is 12.7 Å². The Morgan fingerprint density at radius 1 is 1.17 bits per heavy atom. The van der Waals surface area contributed by atoms with Gasteiger partial charge in [-0.2, -0.15) is 0 Å². The first kappa shape index (κ1) is 20.5. The van der Waals surface area contributed by atoms with Gasteiger partial charge in [0.25, 0.3) is 0 Å². The number of aldehydes is 1. The molecule has 1 heterocycles. The van der Waals surface area contributed by atoms with Crippen LogP contribution in [0.25, 0.3) is 11.1 Å². The van der Waals surface area contributed by atoms with Crippen LogP contribution in [0.2, 0.25) is 0 Å². The topological polar surface area (TPSA) is 55.4 Å². The Kier molecular flexibility index (Phi) is 5.42. The van der Waals surface area contributed by atoms with Gasteiger partial charge in [0.05, 0.1) is 5.57 Å². The average molecular weight is 393 g/mol. The minimum atomic E-state index is -0.690. The highest BCUT2D eigenvalue weighted by atomic mass is 19.1. The number of nitrogens with one attached hydrogen (secondary N) is 1. The maximum atomic E-state index is 14.2. The number of anilines is 1. The van der Waals surface area contributed by atoms with Crippen molar-refractivity contribution in [3.63, 3.8) is 0 Å². The molecule has 2 aromatic carbocycles. The van der Waals surface area contributed by atoms with Gasteiger partial charge < -0.3 is 10.1 Å². The van der Waals surface area contributed by atoms with Crippen LogP contribution < -0.4 is 5.32 Å². The molecule has 1 N–H and O–H groups in total. The molecule has 150 valence electrons. The Morgan fingerprint density at radius 3 is 2.38 bits per heavy atom. The van der Waals surface area contributed by atoms with Gasteiger partial charge in [-0.1, -0.05) is 24.3 Å². The summed E-state index contributed by atoms with van der Waals surface area (Å²) in [6.07, 6.45) is 2.50. The number of ketones is 1. The first-order chi connectivity index (χ1) is 13.7. The molecule has 0 bridgehead atoms. The summed E-state index contributed by atoms with van der Waals surface area (Å²) in [5.74, 6) is -0.00657. The second-order valence-corrected chi connectivity index (χ2v) is 7.60. The van der Waals surface area contributed by atoms with Gasteiger partial charge in [-0.05, 0) is 57.0 Å². The minimum Gasteiger partial charge on any atom is -0.482 e. The van der Waals surface area contributed by atoms with Gasteiger partial charge in [0.1, 0.15) is 17.2 Å². The maximum Gasteiger partial charge on any atom is 0.159 e. The van der Waals surface area contributed by atoms with Crippen LogP contribution in [0.3, 0.4) is 0 Å². The van der Waals surface area contributed by atoms with E-state index in [0.717, 1.165) is 11.1 Å². The van der Waals surface area contributed by atoms with E-state index in [1.165, 1.54) is 13.0 Å². The van der Waals surface area contributed by atoms with E-state index < -0.39 is 5.60 Å². The number of Topliss-reactive ketones (excluding diaryl/α,β-unsaturated/α-hetero) is 1. The van der Waals surface area contributed by atoms with E-state index in [9.17, 15) is 14.0 Å². The molecule has 3 rings (SSSR count). The molecule has 0 aliphatic carbocycles. The summed E-state index contributed by atoms with van der Waals surface area (Å²) in [7, 11) is 1.72. The van der Waals surface area contributed by atoms with Gasteiger partial charge in [-0.25, -0.2) is 4.39 Å². The number of allylic oxidation sites excluding steroid dienone is 2. The molecule has 2 aromatic rings. The first-order valence-corrected chi connectivity index (χ1v) is 9.38. The fraction of sp³-hybridized carbons (Fsp3) is 0.250. The van der Waals surface area contributed by atoms with Crippen LogP contribution >= 0.6 is 0 Å². The van der Waals surface area contributed by atoms with Crippen molar-refractivity contribution >= 4 is 28.9 Å². The number of halogens is 1. The Morgan fingerprint density at radius 2 is 1.83 bits per heavy atom. The number of hydrogen-bond acceptors (Lipinski definition) is 4. The van der Waals surface area contributed by atoms with Gasteiger partial charge in [0.15, 0.2) is 12.1 Å². The Balaban J connectivity index is 2.14. The molecular formula is C24H24FNO3. The van der Waals surface area contributed by atoms with E-state index in [2.05, 4.69) is 5.32 Å². The number of hydrogen-bond donors (Lipinski definition) is 1. The standard InChI is InChI=1S/C24H24FNO3/c1-14-10-22(26-5)18(11-21(14)25)19(13-27)23-12-20(24(3,4)29-23)17-8-6-16(7-9-17)15(2)28/h6-13,26H,1-5H3/b23-19-. The van der Waals surface area contributed by atoms with E-state index in [0.29, 0.717) is 34.4 Å². The van der Waals surface area contributed by atoms with Gasteiger partial charge in [0.2, 0.25) is 0 Å². The van der Waals surface area contributed by atoms with Crippen molar-refractivity contribution < 1.29 is 18.7 Å². The lowest BCUT2D eigenvalue weighted by Gasteiger charge is -2.24. The highest BCUT2D eigenvalue weighted by Crippen LogP contribution is 2.42. The summed E-state index contributed by atoms with van der Waals surface area (Å²) in [6, 6.07) is 10.3. The monoisotopic (exact) mass is 393 g/mol. The molecule has 4 nitrogen and oxygen atoms in total. The van der Waals surface area contributed by atoms with Gasteiger partial charge in [0, 0.05) is 29.4 Å². The quantitative estimate of drug-likeness (QED) is 0.432. The van der Waals surface area contributed by atoms with E-state index in [1.807, 2.05) is 32.1 Å². The molecule has 1 aliphatic heterocycles. The number of aryl methyl sites for hydroxylation is 1. The third-order valence-electron chi connectivity index (χ3n) is 5.13. The second-order valence-electron chi connectivity index (χ2n) is 7.60. The Hall–Kier alpha value is -3.21. The minimum absolute atomic E-state index is 0.00252. The normalized spacial score (nSPS) is 16.7. The number of carbonyl (C=O) groups excluding carboxylic acids is 2. The number of rotatable bonds is 5. The third kappa shape index (κ3) is 3.86. The van der Waals surface area contributed by atoms with Crippen molar-refractivity contribution in [1.82, 2.24) is 0 Å². The highest BCUT2D eigenvalue weighted by Gasteiger charge is 2.34. The Labute approximate surface area is 170 Å². The molecule has 0 amide bonds. The highest BCUT2D eigenvalue weighted by molar-refractivity contribution is 6.11. The van der Waals surface area contributed by atoms with Crippen molar-refractivity contribution in [3.8, 4) is 0 Å². The SMILES string of the molecule is CNc1cc(C)c(F)cc1/C(C=O)=C1/C=C(c2ccc(C(C)=O)cc2)C(C)(C)O1. The molecule has 0 spiro atoms. The van der Waals surface area contributed by atoms with Crippen LogP contribution in [0.15, 0.2) is 48.2 Å². The molecule has 1 aliphatic rings. The van der Waals surface area contributed by atoms with Crippen LogP contribution in [-0.4, -0.2) is 24.7 Å². The lowest BCUT2D eigenvalue weighted by molar-refractivity contribution is -0.103. The van der Waals surface area contributed by atoms with E-state index >= 15 is 0 Å². The molecule has 0 fully saturated rings. The van der Waals surface area contributed by atoms with Gasteiger partial charge in [-0.15, -0.1) is 0 Å². The van der Waals surface area contributed by atoms with Crippen LogP contribution in [0.4, 0.5) is 10.1 Å². The van der Waals surface area contributed by atoms with Crippen molar-refractivity contribution in [2.75, 3.05) is 12.4 Å². The van der Waals surface area contributed by atoms with Gasteiger partial charge in [-0.3, -0.25) is 9.59 Å². The smallest absolute Gasteiger partial charge is 0.159 e. The molecule has 0 saturated heterocycles. The Bertz CT molecular complexity index is 1050. The van der Waals surface area contributed by atoms with Crippen molar-refractivity contribution in [1.29, 1.82) is 0 Å². The molecule has 29 heavy (non-hydrogen) atoms. The molecule has 0 unspecified atom stereocenters. The summed E-state index contributed by atoms with van der Waals surface area (Å²) in [5, 5.41) is 3.01. The average Bonchev–Trinajstić information content (AvgIpc) is 2.99. The van der Waals surface area contributed by atoms with Crippen LogP contribution in [0.5, 0.6) is 0 Å². The second kappa shape index (κ2) is 7.66. The van der Waals surface area contributed by atoms with Gasteiger partial charge >= 0.3 is 0 Å². The molecule has 0 atom stereocenters. The van der Waals surface area contributed by atoms with Crippen molar-refractivity contribution in [2.45, 2.75) is 33.3 Å². The van der Waals surface area contributed by atoms with Crippen molar-refractivity contribution in [3.05, 3.63) is 76.3 Å². The largest absolute Gasteiger partial charge is 0.482 e. The summed E-state index contributed by atoms with van der Waals surface area (Å²) in [4.78, 5) is 23.5. The molecule has 0 radical (unpaired) electrons.